The van der Waals surface area contributed by atoms with Crippen LogP contribution in [0.2, 0.25) is 0 Å². The summed E-state index contributed by atoms with van der Waals surface area (Å²) in [5.74, 6) is 0.559. The van der Waals surface area contributed by atoms with Crippen molar-refractivity contribution in [3.63, 3.8) is 0 Å². The number of aryl methyl sites for hydroxylation is 3. The third kappa shape index (κ3) is 4.53. The number of ether oxygens (including phenoxy) is 1. The number of rotatable bonds is 6. The second-order valence-electron chi connectivity index (χ2n) is 6.52. The zero-order valence-electron chi connectivity index (χ0n) is 15.8. The number of amides is 1. The van der Waals surface area contributed by atoms with Crippen LogP contribution in [0, 0.1) is 30.9 Å². The number of aromatic nitrogens is 2. The van der Waals surface area contributed by atoms with Crippen molar-refractivity contribution in [2.45, 2.75) is 20.8 Å². The van der Waals surface area contributed by atoms with E-state index >= 15 is 0 Å². The highest BCUT2D eigenvalue weighted by molar-refractivity contribution is 5.91. The Hall–Kier alpha value is -3.68. The van der Waals surface area contributed by atoms with E-state index in [0.29, 0.717) is 11.6 Å². The molecular weight excluding hydrogens is 360 g/mol. The number of non-ortho nitro benzene ring substituents is 1. The molecule has 0 unspecified atom stereocenters. The van der Waals surface area contributed by atoms with E-state index in [1.165, 1.54) is 24.3 Å². The third-order valence-electron chi connectivity index (χ3n) is 3.97. The van der Waals surface area contributed by atoms with Gasteiger partial charge in [0.25, 0.3) is 11.6 Å². The molecule has 2 aromatic carbocycles. The summed E-state index contributed by atoms with van der Waals surface area (Å²) in [5, 5.41) is 17.9. The summed E-state index contributed by atoms with van der Waals surface area (Å²) in [5.41, 5.74) is 3.79. The first kappa shape index (κ1) is 19.1. The van der Waals surface area contributed by atoms with E-state index in [1.54, 1.807) is 10.7 Å². The number of benzene rings is 2. The van der Waals surface area contributed by atoms with Gasteiger partial charge in [-0.1, -0.05) is 6.07 Å². The number of nitrogens with one attached hydrogen (secondary N) is 1. The highest BCUT2D eigenvalue weighted by Gasteiger charge is 2.13. The average molecular weight is 380 g/mol. The molecule has 1 amide bonds. The molecule has 0 spiro atoms. The first-order valence-electron chi connectivity index (χ1n) is 8.64. The maximum absolute atomic E-state index is 12.3. The van der Waals surface area contributed by atoms with Crippen LogP contribution in [-0.4, -0.2) is 27.2 Å². The van der Waals surface area contributed by atoms with E-state index < -0.39 is 4.92 Å². The molecule has 0 saturated heterocycles. The van der Waals surface area contributed by atoms with Gasteiger partial charge in [-0.05, 0) is 56.2 Å². The van der Waals surface area contributed by atoms with E-state index in [1.807, 2.05) is 32.9 Å². The summed E-state index contributed by atoms with van der Waals surface area (Å²) in [6.07, 6.45) is 0. The van der Waals surface area contributed by atoms with Crippen LogP contribution in [0.25, 0.3) is 5.69 Å². The molecule has 0 aliphatic heterocycles. The quantitative estimate of drug-likeness (QED) is 0.519. The minimum Gasteiger partial charge on any atom is -0.484 e. The number of carbonyl (C=O) groups is 1. The van der Waals surface area contributed by atoms with Gasteiger partial charge >= 0.3 is 0 Å². The van der Waals surface area contributed by atoms with Gasteiger partial charge in [0.2, 0.25) is 0 Å². The summed E-state index contributed by atoms with van der Waals surface area (Å²) in [4.78, 5) is 22.5. The highest BCUT2D eigenvalue weighted by Crippen LogP contribution is 2.20. The molecule has 3 aromatic rings. The lowest BCUT2D eigenvalue weighted by atomic mass is 10.1. The molecular formula is C20H20N4O4. The molecule has 144 valence electrons. The molecule has 1 aromatic heterocycles. The topological polar surface area (TPSA) is 99.3 Å². The van der Waals surface area contributed by atoms with Crippen LogP contribution in [0.5, 0.6) is 5.75 Å². The average Bonchev–Trinajstić information content (AvgIpc) is 2.99. The standard InChI is InChI=1S/C20H20N4O4/c1-13-8-14(2)10-17(9-13)23-19(11-15(3)22-23)21-20(25)12-28-18-6-4-16(5-7-18)24(26)27/h4-11H,12H2,1-3H3,(H,21,25). The molecule has 0 saturated carbocycles. The predicted molar refractivity (Wildman–Crippen MR) is 105 cm³/mol. The van der Waals surface area contributed by atoms with Crippen LogP contribution >= 0.6 is 0 Å². The SMILES string of the molecule is Cc1cc(C)cc(-n2nc(C)cc2NC(=O)COc2ccc([N+](=O)[O-])cc2)c1. The molecule has 0 aliphatic carbocycles. The van der Waals surface area contributed by atoms with Crippen molar-refractivity contribution in [1.82, 2.24) is 9.78 Å². The largest absolute Gasteiger partial charge is 0.484 e. The molecule has 0 fully saturated rings. The Balaban J connectivity index is 1.70. The van der Waals surface area contributed by atoms with Crippen LogP contribution in [0.1, 0.15) is 16.8 Å². The second-order valence-corrected chi connectivity index (χ2v) is 6.52. The van der Waals surface area contributed by atoms with Gasteiger partial charge in [-0.25, -0.2) is 4.68 Å². The van der Waals surface area contributed by atoms with Gasteiger partial charge in [0, 0.05) is 18.2 Å². The van der Waals surface area contributed by atoms with E-state index in [-0.39, 0.29) is 18.2 Å². The number of anilines is 1. The number of nitro benzene ring substituents is 1. The van der Waals surface area contributed by atoms with Crippen molar-refractivity contribution in [3.8, 4) is 11.4 Å². The van der Waals surface area contributed by atoms with E-state index in [2.05, 4.69) is 16.5 Å². The summed E-state index contributed by atoms with van der Waals surface area (Å²) < 4.78 is 7.08. The van der Waals surface area contributed by atoms with Gasteiger partial charge in [0.1, 0.15) is 11.6 Å². The zero-order chi connectivity index (χ0) is 20.3. The third-order valence-corrected chi connectivity index (χ3v) is 3.97. The summed E-state index contributed by atoms with van der Waals surface area (Å²) in [7, 11) is 0. The molecule has 0 bridgehead atoms. The second kappa shape index (κ2) is 7.91. The van der Waals surface area contributed by atoms with Gasteiger partial charge in [0.05, 0.1) is 16.3 Å². The molecule has 1 N–H and O–H groups in total. The van der Waals surface area contributed by atoms with Gasteiger partial charge in [0.15, 0.2) is 6.61 Å². The van der Waals surface area contributed by atoms with E-state index in [0.717, 1.165) is 22.5 Å². The van der Waals surface area contributed by atoms with Crippen molar-refractivity contribution in [2.24, 2.45) is 0 Å². The van der Waals surface area contributed by atoms with Crippen molar-refractivity contribution in [1.29, 1.82) is 0 Å². The van der Waals surface area contributed by atoms with Gasteiger partial charge in [-0.2, -0.15) is 5.10 Å². The number of nitro groups is 1. The van der Waals surface area contributed by atoms with Crippen molar-refractivity contribution >= 4 is 17.4 Å². The fourth-order valence-corrected chi connectivity index (χ4v) is 2.85. The lowest BCUT2D eigenvalue weighted by Gasteiger charge is -2.11. The van der Waals surface area contributed by atoms with E-state index in [4.69, 9.17) is 4.74 Å². The Labute approximate surface area is 161 Å². The molecule has 0 radical (unpaired) electrons. The Bertz CT molecular complexity index is 1000. The first-order valence-corrected chi connectivity index (χ1v) is 8.64. The lowest BCUT2D eigenvalue weighted by molar-refractivity contribution is -0.384. The molecule has 0 aliphatic rings. The Morgan fingerprint density at radius 3 is 2.36 bits per heavy atom. The number of hydrogen-bond donors (Lipinski definition) is 1. The fourth-order valence-electron chi connectivity index (χ4n) is 2.85. The molecule has 8 heteroatoms. The Morgan fingerprint density at radius 1 is 1.11 bits per heavy atom. The van der Waals surface area contributed by atoms with Crippen molar-refractivity contribution < 1.29 is 14.5 Å². The zero-order valence-corrected chi connectivity index (χ0v) is 15.8. The van der Waals surface area contributed by atoms with Gasteiger partial charge in [-0.3, -0.25) is 14.9 Å². The molecule has 8 nitrogen and oxygen atoms in total. The minimum absolute atomic E-state index is 0.0374. The first-order chi connectivity index (χ1) is 13.3. The summed E-state index contributed by atoms with van der Waals surface area (Å²) in [6, 6.07) is 13.4. The van der Waals surface area contributed by atoms with Crippen LogP contribution in [0.4, 0.5) is 11.5 Å². The van der Waals surface area contributed by atoms with Crippen molar-refractivity contribution in [2.75, 3.05) is 11.9 Å². The molecule has 0 atom stereocenters. The summed E-state index contributed by atoms with van der Waals surface area (Å²) in [6.45, 7) is 5.63. The monoisotopic (exact) mass is 380 g/mol. The summed E-state index contributed by atoms with van der Waals surface area (Å²) >= 11 is 0. The molecule has 28 heavy (non-hydrogen) atoms. The number of hydrogen-bond acceptors (Lipinski definition) is 5. The predicted octanol–water partition coefficient (Wildman–Crippen LogP) is 3.72. The molecule has 1 heterocycles. The van der Waals surface area contributed by atoms with Crippen molar-refractivity contribution in [3.05, 3.63) is 75.5 Å². The molecule has 3 rings (SSSR count). The lowest BCUT2D eigenvalue weighted by Crippen LogP contribution is -2.21. The number of carbonyl (C=O) groups excluding carboxylic acids is 1. The number of nitrogens with zero attached hydrogens (tertiary/aromatic N) is 3. The van der Waals surface area contributed by atoms with Crippen LogP contribution in [0.3, 0.4) is 0 Å². The fraction of sp³-hybridized carbons (Fsp3) is 0.200. The highest BCUT2D eigenvalue weighted by atomic mass is 16.6. The maximum atomic E-state index is 12.3. The maximum Gasteiger partial charge on any atom is 0.269 e. The Morgan fingerprint density at radius 2 is 1.75 bits per heavy atom. The normalized spacial score (nSPS) is 10.5. The minimum atomic E-state index is -0.493. The smallest absolute Gasteiger partial charge is 0.269 e. The van der Waals surface area contributed by atoms with E-state index in [9.17, 15) is 14.9 Å². The van der Waals surface area contributed by atoms with Crippen LogP contribution in [-0.2, 0) is 4.79 Å². The van der Waals surface area contributed by atoms with Gasteiger partial charge in [-0.15, -0.1) is 0 Å². The van der Waals surface area contributed by atoms with Gasteiger partial charge < -0.3 is 10.1 Å². The van der Waals surface area contributed by atoms with Crippen LogP contribution in [0.15, 0.2) is 48.5 Å². The Kier molecular flexibility index (Phi) is 5.39. The van der Waals surface area contributed by atoms with Crippen LogP contribution < -0.4 is 10.1 Å².